The number of carbonyl (C=O) groups excluding carboxylic acids is 1. The van der Waals surface area contributed by atoms with Crippen LogP contribution in [0.3, 0.4) is 0 Å². The number of likely N-dealkylation sites (tertiary alicyclic amines) is 1. The molecule has 5 nitrogen and oxygen atoms in total. The predicted molar refractivity (Wildman–Crippen MR) is 102 cm³/mol. The molecule has 1 saturated heterocycles. The van der Waals surface area contributed by atoms with Crippen molar-refractivity contribution in [3.63, 3.8) is 0 Å². The van der Waals surface area contributed by atoms with Gasteiger partial charge < -0.3 is 10.6 Å². The van der Waals surface area contributed by atoms with E-state index in [9.17, 15) is 4.79 Å². The molecule has 1 aliphatic carbocycles. The number of rotatable bonds is 5. The Balaban J connectivity index is 1.62. The molecule has 5 heteroatoms. The van der Waals surface area contributed by atoms with E-state index in [0.29, 0.717) is 18.4 Å². The Kier molecular flexibility index (Phi) is 6.39. The van der Waals surface area contributed by atoms with Gasteiger partial charge in [-0.05, 0) is 30.6 Å². The third kappa shape index (κ3) is 4.76. The maximum atomic E-state index is 12.9. The first-order chi connectivity index (χ1) is 12.0. The molecule has 2 heterocycles. The average Bonchev–Trinajstić information content (AvgIpc) is 3.23. The molecule has 0 radical (unpaired) electrons. The zero-order valence-corrected chi connectivity index (χ0v) is 16.1. The monoisotopic (exact) mass is 348 g/mol. The summed E-state index contributed by atoms with van der Waals surface area (Å²) in [6.07, 6.45) is 13.1. The summed E-state index contributed by atoms with van der Waals surface area (Å²) in [6, 6.07) is 0.244. The molecule has 25 heavy (non-hydrogen) atoms. The van der Waals surface area contributed by atoms with E-state index in [1.165, 1.54) is 38.5 Å². The van der Waals surface area contributed by atoms with Gasteiger partial charge >= 0.3 is 6.03 Å². The van der Waals surface area contributed by atoms with Gasteiger partial charge in [0, 0.05) is 38.4 Å². The molecule has 1 unspecified atom stereocenters. The minimum absolute atomic E-state index is 0.105. The first-order valence-electron chi connectivity index (χ1n) is 10.3. The van der Waals surface area contributed by atoms with E-state index < -0.39 is 0 Å². The molecule has 2 aliphatic heterocycles. The fourth-order valence-corrected chi connectivity index (χ4v) is 4.80. The van der Waals surface area contributed by atoms with Crippen LogP contribution in [0.5, 0.6) is 0 Å². The van der Waals surface area contributed by atoms with Crippen LogP contribution in [-0.4, -0.2) is 53.2 Å². The summed E-state index contributed by atoms with van der Waals surface area (Å²) < 4.78 is 0. The summed E-state index contributed by atoms with van der Waals surface area (Å²) in [5.74, 6) is 2.23. The van der Waals surface area contributed by atoms with E-state index in [-0.39, 0.29) is 12.1 Å². The number of nitrogens with zero attached hydrogens (tertiary/aromatic N) is 3. The Labute approximate surface area is 153 Å². The summed E-state index contributed by atoms with van der Waals surface area (Å²) in [4.78, 5) is 14.8. The molecule has 2 amide bonds. The zero-order chi connectivity index (χ0) is 17.8. The largest absolute Gasteiger partial charge is 0.338 e. The molecule has 142 valence electrons. The van der Waals surface area contributed by atoms with Gasteiger partial charge in [0.15, 0.2) is 0 Å². The predicted octanol–water partition coefficient (Wildman–Crippen LogP) is 3.43. The molecule has 3 rings (SSSR count). The third-order valence-corrected chi connectivity index (χ3v) is 6.09. The smallest absolute Gasteiger partial charge is 0.326 e. The minimum atomic E-state index is 0.105. The molecular formula is C20H36N4O. The highest BCUT2D eigenvalue weighted by Gasteiger charge is 2.34. The molecule has 3 aliphatic rings. The van der Waals surface area contributed by atoms with Crippen LogP contribution in [0.2, 0.25) is 0 Å². The molecule has 2 N–H and O–H groups in total. The summed E-state index contributed by atoms with van der Waals surface area (Å²) in [6.45, 7) is 7.99. The lowest BCUT2D eigenvalue weighted by molar-refractivity contribution is 0.0308. The number of amides is 2. The first-order valence-corrected chi connectivity index (χ1v) is 10.3. The molecular weight excluding hydrogens is 312 g/mol. The van der Waals surface area contributed by atoms with E-state index in [2.05, 4.69) is 24.9 Å². The van der Waals surface area contributed by atoms with Gasteiger partial charge in [-0.25, -0.2) is 14.8 Å². The minimum Gasteiger partial charge on any atom is -0.326 e. The van der Waals surface area contributed by atoms with Crippen molar-refractivity contribution >= 4 is 6.03 Å². The summed E-state index contributed by atoms with van der Waals surface area (Å²) >= 11 is 0. The van der Waals surface area contributed by atoms with Gasteiger partial charge in [-0.15, -0.1) is 0 Å². The van der Waals surface area contributed by atoms with Crippen molar-refractivity contribution in [1.29, 1.82) is 0 Å². The van der Waals surface area contributed by atoms with Crippen molar-refractivity contribution in [2.24, 2.45) is 23.5 Å². The van der Waals surface area contributed by atoms with Crippen molar-refractivity contribution in [1.82, 2.24) is 14.9 Å². The second kappa shape index (κ2) is 8.54. The lowest BCUT2D eigenvalue weighted by Crippen LogP contribution is -2.49. The van der Waals surface area contributed by atoms with E-state index in [1.807, 2.05) is 16.1 Å². The van der Waals surface area contributed by atoms with Gasteiger partial charge in [0.1, 0.15) is 0 Å². The Morgan fingerprint density at radius 1 is 1.20 bits per heavy atom. The molecule has 0 aromatic rings. The summed E-state index contributed by atoms with van der Waals surface area (Å²) in [7, 11) is 0. The zero-order valence-electron chi connectivity index (χ0n) is 16.1. The second-order valence-electron chi connectivity index (χ2n) is 8.67. The molecule has 0 aromatic carbocycles. The second-order valence-corrected chi connectivity index (χ2v) is 8.67. The van der Waals surface area contributed by atoms with Gasteiger partial charge in [-0.1, -0.05) is 52.0 Å². The van der Waals surface area contributed by atoms with Gasteiger partial charge in [0.05, 0.1) is 0 Å². The maximum absolute atomic E-state index is 12.9. The number of urea groups is 1. The third-order valence-electron chi connectivity index (χ3n) is 6.09. The fraction of sp³-hybridized carbons (Fsp3) is 0.850. The molecule has 1 saturated carbocycles. The number of hydrogen-bond acceptors (Lipinski definition) is 3. The van der Waals surface area contributed by atoms with Crippen LogP contribution in [0, 0.1) is 17.8 Å². The van der Waals surface area contributed by atoms with Crippen LogP contribution in [0.25, 0.3) is 0 Å². The topological polar surface area (TPSA) is 52.8 Å². The Morgan fingerprint density at radius 2 is 1.96 bits per heavy atom. The number of hydrazine groups is 1. The molecule has 0 aromatic heterocycles. The lowest BCUT2D eigenvalue weighted by Gasteiger charge is -2.37. The summed E-state index contributed by atoms with van der Waals surface area (Å²) in [5, 5.41) is 4.11. The fourth-order valence-electron chi connectivity index (χ4n) is 4.80. The van der Waals surface area contributed by atoms with Crippen molar-refractivity contribution in [3.05, 3.63) is 12.3 Å². The van der Waals surface area contributed by atoms with E-state index in [4.69, 9.17) is 5.73 Å². The van der Waals surface area contributed by atoms with Crippen molar-refractivity contribution in [2.75, 3.05) is 26.2 Å². The number of nitrogens with two attached hydrogens (primary N) is 1. The standard InChI is InChI=1S/C20H36N4O/c1-16(2)13-18(17-7-4-3-5-8-17)14-23-10-6-11-24(23)20(25)22-12-9-19(21)15-22/h6,11,16-19H,3-5,7-10,12-15,21H2,1-2H3/t18?,19-/m1/s1. The van der Waals surface area contributed by atoms with Crippen LogP contribution in [0.15, 0.2) is 12.3 Å². The van der Waals surface area contributed by atoms with Crippen LogP contribution in [0.4, 0.5) is 4.79 Å². The van der Waals surface area contributed by atoms with Crippen molar-refractivity contribution in [3.8, 4) is 0 Å². The highest BCUT2D eigenvalue weighted by atomic mass is 16.2. The van der Waals surface area contributed by atoms with Gasteiger partial charge in [-0.3, -0.25) is 0 Å². The normalized spacial score (nSPS) is 26.8. The Morgan fingerprint density at radius 3 is 2.60 bits per heavy atom. The van der Waals surface area contributed by atoms with Crippen LogP contribution >= 0.6 is 0 Å². The van der Waals surface area contributed by atoms with E-state index in [1.54, 1.807) is 0 Å². The molecule has 0 bridgehead atoms. The number of hydrogen-bond donors (Lipinski definition) is 1. The number of carbonyl (C=O) groups is 1. The quantitative estimate of drug-likeness (QED) is 0.828. The lowest BCUT2D eigenvalue weighted by atomic mass is 9.76. The van der Waals surface area contributed by atoms with E-state index >= 15 is 0 Å². The molecule has 2 fully saturated rings. The van der Waals surface area contributed by atoms with Crippen LogP contribution in [-0.2, 0) is 0 Å². The van der Waals surface area contributed by atoms with Crippen molar-refractivity contribution < 1.29 is 4.79 Å². The highest BCUT2D eigenvalue weighted by Crippen LogP contribution is 2.34. The van der Waals surface area contributed by atoms with Gasteiger partial charge in [0.25, 0.3) is 0 Å². The molecule has 0 spiro atoms. The van der Waals surface area contributed by atoms with Gasteiger partial charge in [-0.2, -0.15) is 0 Å². The maximum Gasteiger partial charge on any atom is 0.338 e. The Hall–Kier alpha value is -1.07. The van der Waals surface area contributed by atoms with Crippen molar-refractivity contribution in [2.45, 2.75) is 64.8 Å². The highest BCUT2D eigenvalue weighted by molar-refractivity contribution is 5.75. The van der Waals surface area contributed by atoms with Gasteiger partial charge in [0.2, 0.25) is 0 Å². The SMILES string of the molecule is CC(C)CC(CN1CC=CN1C(=O)N1CC[C@@H](N)C1)C1CCCCC1. The summed E-state index contributed by atoms with van der Waals surface area (Å²) in [5.41, 5.74) is 5.99. The van der Waals surface area contributed by atoms with Crippen LogP contribution in [0.1, 0.15) is 58.8 Å². The Bertz CT molecular complexity index is 472. The van der Waals surface area contributed by atoms with E-state index in [0.717, 1.165) is 32.0 Å². The molecule has 2 atom stereocenters. The first kappa shape index (κ1) is 18.7. The van der Waals surface area contributed by atoms with Crippen LogP contribution < -0.4 is 5.73 Å². The average molecular weight is 349 g/mol.